The predicted molar refractivity (Wildman–Crippen MR) is 81.3 cm³/mol. The van der Waals surface area contributed by atoms with Crippen LogP contribution in [0.2, 0.25) is 0 Å². The van der Waals surface area contributed by atoms with Gasteiger partial charge in [0.1, 0.15) is 0 Å². The van der Waals surface area contributed by atoms with E-state index in [4.69, 9.17) is 0 Å². The molecule has 0 saturated carbocycles. The Hall–Kier alpha value is -0.870. The molecule has 0 fully saturated rings. The van der Waals surface area contributed by atoms with Gasteiger partial charge in [-0.2, -0.15) is 0 Å². The summed E-state index contributed by atoms with van der Waals surface area (Å²) in [6.07, 6.45) is 6.88. The Bertz CT molecular complexity index is 364. The van der Waals surface area contributed by atoms with Crippen LogP contribution in [0.4, 0.5) is 0 Å². The largest absolute Gasteiger partial charge is 0.0910 e. The van der Waals surface area contributed by atoms with Crippen LogP contribution in [0.5, 0.6) is 0 Å². The van der Waals surface area contributed by atoms with Crippen LogP contribution >= 0.6 is 7.92 Å². The fourth-order valence-electron chi connectivity index (χ4n) is 1.66. The van der Waals surface area contributed by atoms with E-state index in [9.17, 15) is 0 Å². The Morgan fingerprint density at radius 2 is 1.94 bits per heavy atom. The lowest BCUT2D eigenvalue weighted by atomic mass is 10.1. The van der Waals surface area contributed by atoms with Crippen molar-refractivity contribution in [3.05, 3.63) is 54.4 Å². The van der Waals surface area contributed by atoms with Crippen LogP contribution < -0.4 is 5.30 Å². The second kappa shape index (κ2) is 7.45. The lowest BCUT2D eigenvalue weighted by Gasteiger charge is -2.16. The standard InChI is InChI=1S/C16H23P/c1-5-14(3)12-13-15(4)17(6-2)16-10-8-7-9-11-16/h7-14H,4-6H2,1-3H3/b13-12-/t14-,17-/m0/s1. The number of hydrogen-bond donors (Lipinski definition) is 0. The molecule has 0 radical (unpaired) electrons. The fourth-order valence-corrected chi connectivity index (χ4v) is 3.56. The van der Waals surface area contributed by atoms with E-state index in [1.54, 1.807) is 0 Å². The first kappa shape index (κ1) is 14.2. The van der Waals surface area contributed by atoms with Crippen molar-refractivity contribution < 1.29 is 0 Å². The molecule has 92 valence electrons. The van der Waals surface area contributed by atoms with Gasteiger partial charge < -0.3 is 0 Å². The zero-order valence-electron chi connectivity index (χ0n) is 11.2. The zero-order valence-corrected chi connectivity index (χ0v) is 12.1. The third-order valence-electron chi connectivity index (χ3n) is 2.99. The third kappa shape index (κ3) is 4.48. The van der Waals surface area contributed by atoms with E-state index in [1.165, 1.54) is 23.2 Å². The van der Waals surface area contributed by atoms with Gasteiger partial charge >= 0.3 is 0 Å². The van der Waals surface area contributed by atoms with Crippen LogP contribution in [0.25, 0.3) is 0 Å². The Kier molecular flexibility index (Phi) is 6.22. The smallest absolute Gasteiger partial charge is 0.0196 e. The number of rotatable bonds is 6. The second-order valence-corrected chi connectivity index (χ2v) is 6.90. The van der Waals surface area contributed by atoms with Crippen molar-refractivity contribution in [2.75, 3.05) is 6.16 Å². The van der Waals surface area contributed by atoms with Gasteiger partial charge in [0.15, 0.2) is 0 Å². The molecule has 17 heavy (non-hydrogen) atoms. The Morgan fingerprint density at radius 3 is 2.47 bits per heavy atom. The van der Waals surface area contributed by atoms with Gasteiger partial charge in [0.25, 0.3) is 0 Å². The summed E-state index contributed by atoms with van der Waals surface area (Å²) in [5, 5.41) is 2.72. The molecule has 0 saturated heterocycles. The molecule has 0 aromatic heterocycles. The summed E-state index contributed by atoms with van der Waals surface area (Å²) in [5.74, 6) is 0.649. The summed E-state index contributed by atoms with van der Waals surface area (Å²) in [7, 11) is -0.232. The SMILES string of the molecule is C=C(/C=C\[C@@H](C)CC)[P@](CC)c1ccccc1. The normalized spacial score (nSPS) is 14.8. The molecule has 0 spiro atoms. The highest BCUT2D eigenvalue weighted by Gasteiger charge is 2.09. The van der Waals surface area contributed by atoms with E-state index in [0.717, 1.165) is 0 Å². The molecule has 0 unspecified atom stereocenters. The van der Waals surface area contributed by atoms with Crippen molar-refractivity contribution in [3.63, 3.8) is 0 Å². The molecule has 0 amide bonds. The number of hydrogen-bond acceptors (Lipinski definition) is 0. The summed E-state index contributed by atoms with van der Waals surface area (Å²) in [4.78, 5) is 0. The van der Waals surface area contributed by atoms with Crippen LogP contribution in [0.1, 0.15) is 27.2 Å². The van der Waals surface area contributed by atoms with Gasteiger partial charge in [-0.3, -0.25) is 0 Å². The van der Waals surface area contributed by atoms with Crippen molar-refractivity contribution in [3.8, 4) is 0 Å². The Morgan fingerprint density at radius 1 is 1.29 bits per heavy atom. The van der Waals surface area contributed by atoms with Crippen LogP contribution in [-0.2, 0) is 0 Å². The molecule has 0 N–H and O–H groups in total. The lowest BCUT2D eigenvalue weighted by molar-refractivity contribution is 0.698. The van der Waals surface area contributed by atoms with Gasteiger partial charge in [-0.1, -0.05) is 76.3 Å². The first-order chi connectivity index (χ1) is 8.19. The molecule has 0 aliphatic rings. The minimum atomic E-state index is -0.232. The molecule has 0 aliphatic heterocycles. The zero-order chi connectivity index (χ0) is 12.7. The minimum Gasteiger partial charge on any atom is -0.0910 e. The Balaban J connectivity index is 2.75. The molecule has 0 bridgehead atoms. The van der Waals surface area contributed by atoms with Crippen molar-refractivity contribution in [2.45, 2.75) is 27.2 Å². The summed E-state index contributed by atoms with van der Waals surface area (Å²) in [5.41, 5.74) is 0. The van der Waals surface area contributed by atoms with Crippen molar-refractivity contribution >= 4 is 13.2 Å². The van der Waals surface area contributed by atoms with Crippen molar-refractivity contribution in [2.24, 2.45) is 5.92 Å². The van der Waals surface area contributed by atoms with Crippen molar-refractivity contribution in [1.82, 2.24) is 0 Å². The van der Waals surface area contributed by atoms with Crippen LogP contribution in [-0.4, -0.2) is 6.16 Å². The first-order valence-corrected chi connectivity index (χ1v) is 7.91. The predicted octanol–water partition coefficient (Wildman–Crippen LogP) is 4.93. The topological polar surface area (TPSA) is 0 Å². The van der Waals surface area contributed by atoms with Crippen LogP contribution in [0, 0.1) is 5.92 Å². The molecule has 0 heterocycles. The molecule has 0 aliphatic carbocycles. The molecule has 1 aromatic rings. The highest BCUT2D eigenvalue weighted by atomic mass is 31.1. The highest BCUT2D eigenvalue weighted by molar-refractivity contribution is 7.69. The summed E-state index contributed by atoms with van der Waals surface area (Å²) in [6, 6.07) is 10.7. The van der Waals surface area contributed by atoms with Crippen LogP contribution in [0.15, 0.2) is 54.4 Å². The number of allylic oxidation sites excluding steroid dienone is 3. The molecule has 2 atom stereocenters. The molecular formula is C16H23P. The van der Waals surface area contributed by atoms with Gasteiger partial charge in [0.05, 0.1) is 0 Å². The maximum Gasteiger partial charge on any atom is -0.0196 e. The average Bonchev–Trinajstić information content (AvgIpc) is 2.38. The highest BCUT2D eigenvalue weighted by Crippen LogP contribution is 2.42. The average molecular weight is 246 g/mol. The van der Waals surface area contributed by atoms with Gasteiger partial charge in [0, 0.05) is 0 Å². The van der Waals surface area contributed by atoms with E-state index in [1.807, 2.05) is 0 Å². The van der Waals surface area contributed by atoms with Gasteiger partial charge in [0.2, 0.25) is 0 Å². The lowest BCUT2D eigenvalue weighted by Crippen LogP contribution is -2.02. The number of benzene rings is 1. The molecule has 1 heteroatoms. The molecule has 1 aromatic carbocycles. The maximum atomic E-state index is 4.25. The first-order valence-electron chi connectivity index (χ1n) is 6.38. The van der Waals surface area contributed by atoms with E-state index in [-0.39, 0.29) is 7.92 Å². The minimum absolute atomic E-state index is 0.232. The molecule has 1 rings (SSSR count). The quantitative estimate of drug-likeness (QED) is 0.493. The van der Waals surface area contributed by atoms with E-state index < -0.39 is 0 Å². The van der Waals surface area contributed by atoms with E-state index in [0.29, 0.717) is 5.92 Å². The monoisotopic (exact) mass is 246 g/mol. The molecular weight excluding hydrogens is 223 g/mol. The summed E-state index contributed by atoms with van der Waals surface area (Å²) >= 11 is 0. The van der Waals surface area contributed by atoms with Crippen molar-refractivity contribution in [1.29, 1.82) is 0 Å². The summed E-state index contributed by atoms with van der Waals surface area (Å²) < 4.78 is 0. The van der Waals surface area contributed by atoms with Gasteiger partial charge in [-0.15, -0.1) is 0 Å². The fraction of sp³-hybridized carbons (Fsp3) is 0.375. The molecule has 0 nitrogen and oxygen atoms in total. The van der Waals surface area contributed by atoms with Gasteiger partial charge in [-0.05, 0) is 30.6 Å². The van der Waals surface area contributed by atoms with E-state index >= 15 is 0 Å². The maximum absolute atomic E-state index is 4.25. The van der Waals surface area contributed by atoms with E-state index in [2.05, 4.69) is 69.8 Å². The second-order valence-electron chi connectivity index (χ2n) is 4.32. The van der Waals surface area contributed by atoms with Gasteiger partial charge in [-0.25, -0.2) is 0 Å². The van der Waals surface area contributed by atoms with Crippen LogP contribution in [0.3, 0.4) is 0 Å². The third-order valence-corrected chi connectivity index (χ3v) is 5.39. The Labute approximate surface area is 107 Å². The summed E-state index contributed by atoms with van der Waals surface area (Å²) in [6.45, 7) is 11.0.